The monoisotopic (exact) mass is 1150 g/mol. The first-order valence-corrected chi connectivity index (χ1v) is 29.3. The summed E-state index contributed by atoms with van der Waals surface area (Å²) in [6, 6.07) is 19.8. The van der Waals surface area contributed by atoms with Gasteiger partial charge in [0.15, 0.2) is 69.0 Å². The van der Waals surface area contributed by atoms with Gasteiger partial charge in [0, 0.05) is 107 Å². The van der Waals surface area contributed by atoms with Gasteiger partial charge in [-0.3, -0.25) is 25.0 Å². The molecule has 0 aliphatic carbocycles. The van der Waals surface area contributed by atoms with Gasteiger partial charge in [-0.1, -0.05) is 86.1 Å². The van der Waals surface area contributed by atoms with Crippen molar-refractivity contribution < 1.29 is 59.1 Å². The molecule has 0 radical (unpaired) electrons. The number of nitrogens with zero attached hydrogens (tertiary/aromatic N) is 5. The Hall–Kier alpha value is -8.93. The number of ether oxygens (including phenoxy) is 6. The molecule has 18 heteroatoms. The highest BCUT2D eigenvalue weighted by molar-refractivity contribution is 5.97. The van der Waals surface area contributed by atoms with Crippen molar-refractivity contribution in [1.82, 2.24) is 0 Å². The van der Waals surface area contributed by atoms with E-state index in [1.54, 1.807) is 72.8 Å². The van der Waals surface area contributed by atoms with E-state index >= 15 is 0 Å². The Morgan fingerprint density at radius 1 is 0.321 bits per heavy atom. The zero-order chi connectivity index (χ0) is 59.8. The Morgan fingerprint density at radius 3 is 0.845 bits per heavy atom. The van der Waals surface area contributed by atoms with Crippen molar-refractivity contribution in [1.29, 1.82) is 0 Å². The van der Waals surface area contributed by atoms with Gasteiger partial charge in [0.1, 0.15) is 0 Å². The minimum absolute atomic E-state index is 0.0119. The summed E-state index contributed by atoms with van der Waals surface area (Å²) in [5.74, 6) is -0.0438. The topological polar surface area (TPSA) is 251 Å². The van der Waals surface area contributed by atoms with Crippen LogP contribution in [0.4, 0.5) is 34.1 Å². The van der Waals surface area contributed by atoms with E-state index in [1.807, 2.05) is 0 Å². The maximum atomic E-state index is 11.6. The summed E-state index contributed by atoms with van der Waals surface area (Å²) in [5, 5.41) is 72.6. The highest BCUT2D eigenvalue weighted by Gasteiger charge is 2.20. The summed E-state index contributed by atoms with van der Waals surface area (Å²) in [5.41, 5.74) is 3.27. The number of phenols is 6. The van der Waals surface area contributed by atoms with E-state index < -0.39 is 34.5 Å². The summed E-state index contributed by atoms with van der Waals surface area (Å²) >= 11 is 0. The third kappa shape index (κ3) is 16.9. The molecule has 0 fully saturated rings. The smallest absolute Gasteiger partial charge is 0.167 e. The quantitative estimate of drug-likeness (QED) is 0.0220. The van der Waals surface area contributed by atoms with E-state index in [0.717, 1.165) is 77.0 Å². The zero-order valence-corrected chi connectivity index (χ0v) is 49.1. The Kier molecular flexibility index (Phi) is 23.9. The molecule has 0 amide bonds. The average molecular weight is 1150 g/mol. The fourth-order valence-corrected chi connectivity index (χ4v) is 8.33. The Morgan fingerprint density at radius 2 is 0.560 bits per heavy atom. The van der Waals surface area contributed by atoms with Gasteiger partial charge >= 0.3 is 0 Å². The third-order valence-electron chi connectivity index (χ3n) is 13.6. The molecule has 4 aliphatic heterocycles. The number of fused-ring (bicyclic) bond motifs is 3. The second-order valence-electron chi connectivity index (χ2n) is 20.1. The van der Waals surface area contributed by atoms with Crippen molar-refractivity contribution in [3.63, 3.8) is 0 Å². The number of hydrogen-bond acceptors (Lipinski definition) is 18. The molecule has 6 aromatic carbocycles. The lowest BCUT2D eigenvalue weighted by Gasteiger charge is -2.18. The number of hydrogen-bond donors (Lipinski definition) is 7. The van der Waals surface area contributed by atoms with Gasteiger partial charge in [0.2, 0.25) is 0 Å². The van der Waals surface area contributed by atoms with Crippen LogP contribution >= 0.6 is 0 Å². The standard InChI is InChI=1S/C66H80N6O12/c1-7-13-25-79-55-31-49-50(32-56(55)80-26-14-8-2)68-38-44-21-22-46(64(76)62(44)74)40-70-53-35-59(83-29-17-11-5)60(84-30-18-12-6)36-54(53)72-42-48-24-23-47(65(77)66(48)78)41-71-52-34-58(82-28-16-10-4)57(81-27-15-9-3)33-51(52)69-39-45-20-19-43(37-67-49)61(73)63(45)75/h19-24,31-41,72-78H,7-18,25-30,42H2,1-6H3. The summed E-state index contributed by atoms with van der Waals surface area (Å²) in [6.45, 7) is 14.9. The molecule has 0 saturated carbocycles. The third-order valence-corrected chi connectivity index (χ3v) is 13.6. The minimum Gasteiger partial charge on any atom is -0.504 e. The van der Waals surface area contributed by atoms with Gasteiger partial charge in [0.05, 0.1) is 73.8 Å². The number of nitrogens with one attached hydrogen (secondary N) is 1. The van der Waals surface area contributed by atoms with E-state index in [2.05, 4.69) is 46.9 Å². The van der Waals surface area contributed by atoms with Gasteiger partial charge in [0.25, 0.3) is 0 Å². The number of anilines is 1. The number of unbranched alkanes of at least 4 members (excludes halogenated alkanes) is 6. The molecule has 10 rings (SSSR count). The molecular formula is C66H80N6O12. The normalized spacial score (nSPS) is 12.2. The molecule has 6 bridgehead atoms. The average Bonchev–Trinajstić information content (AvgIpc) is 3.41. The second-order valence-corrected chi connectivity index (χ2v) is 20.1. The van der Waals surface area contributed by atoms with Gasteiger partial charge in [-0.15, -0.1) is 0 Å². The van der Waals surface area contributed by atoms with Crippen LogP contribution in [0.5, 0.6) is 69.0 Å². The van der Waals surface area contributed by atoms with Crippen LogP contribution in [0.1, 0.15) is 152 Å². The predicted octanol–water partition coefficient (Wildman–Crippen LogP) is 15.7. The SMILES string of the molecule is CCCCOc1cc2c(cc1OCCCC)N=Cc1ccc(c(O)c1O)C=Nc1cc(OCCCC)c(OCCCC)cc1NCc1ccc(c(O)c1O)C=Nc1cc(OCCCC)c(OCCCC)cc1N=Cc1ccc(c(O)c1O)C=N2. The van der Waals surface area contributed by atoms with Gasteiger partial charge in [-0.05, 0) is 68.9 Å². The van der Waals surface area contributed by atoms with E-state index in [9.17, 15) is 30.6 Å². The molecule has 0 unspecified atom stereocenters. The molecule has 18 nitrogen and oxygen atoms in total. The first kappa shape index (κ1) is 62.7. The van der Waals surface area contributed by atoms with Crippen LogP contribution in [0.2, 0.25) is 0 Å². The largest absolute Gasteiger partial charge is 0.504 e. The van der Waals surface area contributed by atoms with Crippen LogP contribution in [0.15, 0.2) is 97.8 Å². The molecule has 446 valence electrons. The molecule has 7 N–H and O–H groups in total. The molecule has 6 aromatic rings. The Labute approximate surface area is 492 Å². The van der Waals surface area contributed by atoms with Gasteiger partial charge in [-0.2, -0.15) is 0 Å². The minimum atomic E-state index is -0.476. The van der Waals surface area contributed by atoms with Crippen LogP contribution in [0.3, 0.4) is 0 Å². The van der Waals surface area contributed by atoms with Crippen LogP contribution in [-0.2, 0) is 6.54 Å². The highest BCUT2D eigenvalue weighted by atomic mass is 16.5. The molecule has 0 saturated heterocycles. The van der Waals surface area contributed by atoms with E-state index in [1.165, 1.54) is 31.1 Å². The summed E-state index contributed by atoms with van der Waals surface area (Å²) in [6.07, 6.45) is 17.1. The maximum absolute atomic E-state index is 11.6. The highest BCUT2D eigenvalue weighted by Crippen LogP contribution is 2.45. The van der Waals surface area contributed by atoms with E-state index in [4.69, 9.17) is 53.4 Å². The second kappa shape index (κ2) is 32.1. The summed E-state index contributed by atoms with van der Waals surface area (Å²) < 4.78 is 37.4. The van der Waals surface area contributed by atoms with Gasteiger partial charge in [-0.25, -0.2) is 0 Å². The molecule has 0 aromatic heterocycles. The number of phenolic OH excluding ortho intramolecular Hbond substituents is 6. The van der Waals surface area contributed by atoms with Crippen molar-refractivity contribution in [3.8, 4) is 69.0 Å². The molecule has 0 spiro atoms. The molecule has 0 atom stereocenters. The summed E-state index contributed by atoms with van der Waals surface area (Å²) in [7, 11) is 0. The van der Waals surface area contributed by atoms with Crippen LogP contribution < -0.4 is 33.7 Å². The maximum Gasteiger partial charge on any atom is 0.167 e. The van der Waals surface area contributed by atoms with Gasteiger partial charge < -0.3 is 64.4 Å². The number of benzene rings is 6. The van der Waals surface area contributed by atoms with Crippen molar-refractivity contribution in [2.75, 3.05) is 45.0 Å². The van der Waals surface area contributed by atoms with Crippen molar-refractivity contribution in [2.24, 2.45) is 25.0 Å². The Bertz CT molecular complexity index is 3320. The number of aliphatic imine (C=N–C) groups is 5. The predicted molar refractivity (Wildman–Crippen MR) is 335 cm³/mol. The van der Waals surface area contributed by atoms with Crippen LogP contribution in [0, 0.1) is 0 Å². The summed E-state index contributed by atoms with van der Waals surface area (Å²) in [4.78, 5) is 23.8. The van der Waals surface area contributed by atoms with E-state index in [-0.39, 0.29) is 34.4 Å². The lowest BCUT2D eigenvalue weighted by atomic mass is 10.1. The zero-order valence-electron chi connectivity index (χ0n) is 49.1. The van der Waals surface area contributed by atoms with Crippen LogP contribution in [-0.4, -0.2) is 101 Å². The first-order valence-electron chi connectivity index (χ1n) is 29.3. The Balaban J connectivity index is 1.41. The van der Waals surface area contributed by atoms with E-state index in [0.29, 0.717) is 114 Å². The van der Waals surface area contributed by atoms with Crippen molar-refractivity contribution in [3.05, 3.63) is 106 Å². The molecule has 84 heavy (non-hydrogen) atoms. The number of rotatable bonds is 24. The lowest BCUT2D eigenvalue weighted by Crippen LogP contribution is -2.05. The lowest BCUT2D eigenvalue weighted by molar-refractivity contribution is 0.262. The fraction of sp³-hybridized carbons (Fsp3) is 0.379. The first-order chi connectivity index (χ1) is 40.9. The fourth-order valence-electron chi connectivity index (χ4n) is 8.33. The van der Waals surface area contributed by atoms with Crippen LogP contribution in [0.25, 0.3) is 0 Å². The molecular weight excluding hydrogens is 1070 g/mol. The van der Waals surface area contributed by atoms with Crippen molar-refractivity contribution in [2.45, 2.75) is 125 Å². The molecule has 4 heterocycles. The number of aromatic hydroxyl groups is 6. The molecule has 4 aliphatic rings. The van der Waals surface area contributed by atoms with Crippen molar-refractivity contribution >= 4 is 65.2 Å².